The van der Waals surface area contributed by atoms with Gasteiger partial charge in [0.2, 0.25) is 0 Å². The van der Waals surface area contributed by atoms with Crippen molar-refractivity contribution in [3.63, 3.8) is 0 Å². The summed E-state index contributed by atoms with van der Waals surface area (Å²) in [5, 5.41) is 2.74. The Morgan fingerprint density at radius 2 is 2.00 bits per heavy atom. The number of halogens is 1. The molecule has 0 aromatic heterocycles. The molecular formula is C16H19ClN2O3. The zero-order chi connectivity index (χ0) is 16.1. The predicted octanol–water partition coefficient (Wildman–Crippen LogP) is 2.87. The number of carbonyl (C=O) groups excluding carboxylic acids is 2. The topological polar surface area (TPSA) is 67.8 Å². The van der Waals surface area contributed by atoms with E-state index in [2.05, 4.69) is 17.2 Å². The maximum absolute atomic E-state index is 12.3. The molecule has 0 aliphatic carbocycles. The fourth-order valence-corrected chi connectivity index (χ4v) is 2.72. The molecule has 0 saturated carbocycles. The molecule has 1 aromatic rings. The first-order valence-electron chi connectivity index (χ1n) is 7.30. The Morgan fingerprint density at radius 1 is 1.32 bits per heavy atom. The molecule has 0 radical (unpaired) electrons. The van der Waals surface area contributed by atoms with E-state index in [1.165, 1.54) is 5.56 Å². The quantitative estimate of drug-likeness (QED) is 0.669. The van der Waals surface area contributed by atoms with E-state index in [-0.39, 0.29) is 12.5 Å². The number of hydrogen-bond acceptors (Lipinski definition) is 3. The first kappa shape index (κ1) is 16.5. The summed E-state index contributed by atoms with van der Waals surface area (Å²) in [4.78, 5) is 27.9. The molecule has 1 aliphatic rings. The van der Waals surface area contributed by atoms with Crippen LogP contribution in [-0.2, 0) is 16.0 Å². The van der Waals surface area contributed by atoms with Crippen molar-refractivity contribution in [2.75, 3.05) is 12.5 Å². The Hall–Kier alpha value is -1.88. The van der Waals surface area contributed by atoms with Crippen molar-refractivity contribution in [1.29, 1.82) is 0 Å². The van der Waals surface area contributed by atoms with Gasteiger partial charge in [-0.2, -0.15) is 0 Å². The molecule has 1 N–H and O–H groups in total. The molecule has 2 amide bonds. The first-order chi connectivity index (χ1) is 10.6. The molecule has 0 fully saturated rings. The largest absolute Gasteiger partial charge is 0.465 e. The Labute approximate surface area is 134 Å². The van der Waals surface area contributed by atoms with Gasteiger partial charge in [0.05, 0.1) is 24.2 Å². The molecule has 0 bridgehead atoms. The number of nitrogens with one attached hydrogen (secondary N) is 1. The molecule has 1 aromatic carbocycles. The van der Waals surface area contributed by atoms with Crippen molar-refractivity contribution >= 4 is 29.3 Å². The lowest BCUT2D eigenvalue weighted by molar-refractivity contribution is -0.146. The van der Waals surface area contributed by atoms with Gasteiger partial charge in [-0.15, -0.1) is 11.6 Å². The highest BCUT2D eigenvalue weighted by Gasteiger charge is 2.39. The van der Waals surface area contributed by atoms with Gasteiger partial charge < -0.3 is 10.1 Å². The Balaban J connectivity index is 2.38. The molecule has 0 saturated heterocycles. The van der Waals surface area contributed by atoms with Crippen LogP contribution in [0.1, 0.15) is 31.0 Å². The molecule has 2 atom stereocenters. The number of urea groups is 1. The number of esters is 1. The van der Waals surface area contributed by atoms with Crippen LogP contribution in [0.5, 0.6) is 0 Å². The molecule has 6 heteroatoms. The van der Waals surface area contributed by atoms with Gasteiger partial charge >= 0.3 is 12.0 Å². The van der Waals surface area contributed by atoms with Crippen LogP contribution < -0.4 is 5.32 Å². The highest BCUT2D eigenvalue weighted by molar-refractivity contribution is 6.32. The number of carbonyl (C=O) groups is 2. The zero-order valence-electron chi connectivity index (χ0n) is 12.6. The fourth-order valence-electron chi connectivity index (χ4n) is 2.49. The lowest BCUT2D eigenvalue weighted by Crippen LogP contribution is -2.45. The van der Waals surface area contributed by atoms with Crippen LogP contribution in [0.25, 0.3) is 0 Å². The lowest BCUT2D eigenvalue weighted by Gasteiger charge is -2.30. The second-order valence-electron chi connectivity index (χ2n) is 4.99. The average molecular weight is 323 g/mol. The normalized spacial score (nSPS) is 21.0. The van der Waals surface area contributed by atoms with Crippen LogP contribution in [-0.4, -0.2) is 30.2 Å². The minimum Gasteiger partial charge on any atom is -0.465 e. The van der Waals surface area contributed by atoms with E-state index < -0.39 is 24.0 Å². The van der Waals surface area contributed by atoms with Crippen molar-refractivity contribution < 1.29 is 14.3 Å². The van der Waals surface area contributed by atoms with Gasteiger partial charge in [-0.1, -0.05) is 31.2 Å². The number of ether oxygens (including phenoxy) is 1. The van der Waals surface area contributed by atoms with Crippen molar-refractivity contribution in [2.45, 2.75) is 26.3 Å². The number of rotatable bonds is 5. The summed E-state index contributed by atoms with van der Waals surface area (Å²) in [7, 11) is 0. The number of aliphatic imine (C=N–C) groups is 1. The van der Waals surface area contributed by atoms with Crippen molar-refractivity contribution in [3.05, 3.63) is 35.4 Å². The predicted molar refractivity (Wildman–Crippen MR) is 85.4 cm³/mol. The second-order valence-corrected chi connectivity index (χ2v) is 5.26. The molecule has 22 heavy (non-hydrogen) atoms. The number of hydrogen-bond donors (Lipinski definition) is 1. The van der Waals surface area contributed by atoms with Crippen LogP contribution in [0, 0.1) is 5.92 Å². The Morgan fingerprint density at radius 3 is 2.55 bits per heavy atom. The molecule has 1 heterocycles. The van der Waals surface area contributed by atoms with E-state index in [1.54, 1.807) is 6.92 Å². The molecule has 2 unspecified atom stereocenters. The van der Waals surface area contributed by atoms with E-state index in [4.69, 9.17) is 16.3 Å². The number of amides is 2. The van der Waals surface area contributed by atoms with E-state index >= 15 is 0 Å². The van der Waals surface area contributed by atoms with Crippen molar-refractivity contribution in [2.24, 2.45) is 10.9 Å². The highest BCUT2D eigenvalue weighted by Crippen LogP contribution is 2.29. The van der Waals surface area contributed by atoms with Gasteiger partial charge in [-0.25, -0.2) is 9.79 Å². The van der Waals surface area contributed by atoms with Crippen LogP contribution >= 0.6 is 11.6 Å². The zero-order valence-corrected chi connectivity index (χ0v) is 13.4. The Bertz CT molecular complexity index is 584. The van der Waals surface area contributed by atoms with Crippen LogP contribution in [0.15, 0.2) is 29.3 Å². The number of alkyl halides is 1. The van der Waals surface area contributed by atoms with Crippen LogP contribution in [0.2, 0.25) is 0 Å². The molecule has 5 nitrogen and oxygen atoms in total. The summed E-state index contributed by atoms with van der Waals surface area (Å²) in [5.41, 5.74) is 2.36. The lowest BCUT2D eigenvalue weighted by atomic mass is 9.88. The van der Waals surface area contributed by atoms with E-state index in [0.717, 1.165) is 12.0 Å². The average Bonchev–Trinajstić information content (AvgIpc) is 2.54. The van der Waals surface area contributed by atoms with Gasteiger partial charge in [-0.3, -0.25) is 4.79 Å². The number of nitrogens with zero attached hydrogens (tertiary/aromatic N) is 1. The minimum absolute atomic E-state index is 0.0143. The summed E-state index contributed by atoms with van der Waals surface area (Å²) in [6.07, 6.45) is 0.924. The molecule has 1 aliphatic heterocycles. The summed E-state index contributed by atoms with van der Waals surface area (Å²) < 4.78 is 5.12. The van der Waals surface area contributed by atoms with Crippen molar-refractivity contribution in [3.8, 4) is 0 Å². The van der Waals surface area contributed by atoms with Gasteiger partial charge in [0.15, 0.2) is 0 Å². The SMILES string of the molecule is CCOC(=O)C1C(CCl)=NC(=O)NC1c1ccc(CC)cc1. The molecule has 0 spiro atoms. The van der Waals surface area contributed by atoms with Crippen LogP contribution in [0.4, 0.5) is 4.79 Å². The third kappa shape index (κ3) is 3.47. The summed E-state index contributed by atoms with van der Waals surface area (Å²) >= 11 is 5.87. The third-order valence-electron chi connectivity index (χ3n) is 3.64. The summed E-state index contributed by atoms with van der Waals surface area (Å²) in [5.74, 6) is -1.10. The maximum Gasteiger partial charge on any atom is 0.341 e. The molecule has 118 valence electrons. The van der Waals surface area contributed by atoms with Crippen LogP contribution in [0.3, 0.4) is 0 Å². The van der Waals surface area contributed by atoms with Gasteiger partial charge in [0.25, 0.3) is 0 Å². The van der Waals surface area contributed by atoms with Gasteiger partial charge in [0.1, 0.15) is 5.92 Å². The fraction of sp³-hybridized carbons (Fsp3) is 0.438. The van der Waals surface area contributed by atoms with E-state index in [1.807, 2.05) is 24.3 Å². The Kier molecular flexibility index (Phi) is 5.55. The molecular weight excluding hydrogens is 304 g/mol. The highest BCUT2D eigenvalue weighted by atomic mass is 35.5. The second kappa shape index (κ2) is 7.40. The number of benzene rings is 1. The summed E-state index contributed by atoms with van der Waals surface area (Å²) in [6.45, 7) is 4.07. The van der Waals surface area contributed by atoms with Gasteiger partial charge in [0, 0.05) is 0 Å². The molecule has 2 rings (SSSR count). The standard InChI is InChI=1S/C16H19ClN2O3/c1-3-10-5-7-11(8-6-10)14-13(15(20)22-4-2)12(9-17)18-16(21)19-14/h5-8,13-14H,3-4,9H2,1-2H3,(H,19,21). The number of aryl methyl sites for hydroxylation is 1. The van der Waals surface area contributed by atoms with Crippen molar-refractivity contribution in [1.82, 2.24) is 5.32 Å². The van der Waals surface area contributed by atoms with E-state index in [0.29, 0.717) is 5.71 Å². The minimum atomic E-state index is -0.692. The maximum atomic E-state index is 12.3. The third-order valence-corrected chi connectivity index (χ3v) is 3.91. The first-order valence-corrected chi connectivity index (χ1v) is 7.83. The smallest absolute Gasteiger partial charge is 0.341 e. The summed E-state index contributed by atoms with van der Waals surface area (Å²) in [6, 6.07) is 6.79. The monoisotopic (exact) mass is 322 g/mol. The van der Waals surface area contributed by atoms with Gasteiger partial charge in [-0.05, 0) is 24.5 Å². The van der Waals surface area contributed by atoms with E-state index in [9.17, 15) is 9.59 Å².